The van der Waals surface area contributed by atoms with Crippen molar-refractivity contribution in [3.63, 3.8) is 0 Å². The van der Waals surface area contributed by atoms with Gasteiger partial charge < -0.3 is 11.1 Å². The predicted molar refractivity (Wildman–Crippen MR) is 54.3 cm³/mol. The number of hydrogen-bond donors (Lipinski definition) is 2. The van der Waals surface area contributed by atoms with Crippen molar-refractivity contribution in [1.29, 1.82) is 5.41 Å². The first kappa shape index (κ1) is 11.2. The minimum absolute atomic E-state index is 0.266. The van der Waals surface area contributed by atoms with E-state index in [-0.39, 0.29) is 5.92 Å². The maximum absolute atomic E-state index is 7.74. The van der Waals surface area contributed by atoms with Crippen LogP contribution < -0.4 is 5.73 Å². The van der Waals surface area contributed by atoms with Gasteiger partial charge in [-0.1, -0.05) is 27.7 Å². The molecule has 0 aromatic carbocycles. The molecule has 70 valence electrons. The van der Waals surface area contributed by atoms with Crippen LogP contribution >= 0.6 is 0 Å². The fourth-order valence-electron chi connectivity index (χ4n) is 1.02. The van der Waals surface area contributed by atoms with Crippen molar-refractivity contribution in [3.05, 3.63) is 11.3 Å². The van der Waals surface area contributed by atoms with Gasteiger partial charge in [-0.05, 0) is 24.3 Å². The van der Waals surface area contributed by atoms with E-state index in [9.17, 15) is 0 Å². The Kier molecular flexibility index (Phi) is 4.01. The van der Waals surface area contributed by atoms with Gasteiger partial charge in [0.25, 0.3) is 0 Å². The molecule has 0 radical (unpaired) electrons. The van der Waals surface area contributed by atoms with E-state index in [1.807, 2.05) is 34.6 Å². The molecule has 0 aliphatic rings. The minimum Gasteiger partial charge on any atom is -0.402 e. The van der Waals surface area contributed by atoms with Gasteiger partial charge in [0.1, 0.15) is 0 Å². The summed E-state index contributed by atoms with van der Waals surface area (Å²) >= 11 is 0. The zero-order valence-corrected chi connectivity index (χ0v) is 8.73. The standard InChI is InChI=1S/C10H20N2/c1-6(2)9(11)8(5)10(12)7(3)4/h6-7,11H,12H2,1-5H3/b10-8-,11-9?. The number of nitrogens with one attached hydrogen (secondary N) is 1. The summed E-state index contributed by atoms with van der Waals surface area (Å²) in [5.41, 5.74) is 8.28. The number of allylic oxidation sites excluding steroid dienone is 2. The molecule has 0 atom stereocenters. The molecule has 3 N–H and O–H groups in total. The molecule has 0 unspecified atom stereocenters. The highest BCUT2D eigenvalue weighted by Crippen LogP contribution is 2.13. The lowest BCUT2D eigenvalue weighted by Gasteiger charge is -2.14. The monoisotopic (exact) mass is 168 g/mol. The van der Waals surface area contributed by atoms with E-state index in [1.54, 1.807) is 0 Å². The Labute approximate surface area is 75.4 Å². The summed E-state index contributed by atoms with van der Waals surface area (Å²) < 4.78 is 0. The van der Waals surface area contributed by atoms with Crippen LogP contribution in [0.4, 0.5) is 0 Å². The molecule has 0 aliphatic carbocycles. The lowest BCUT2D eigenvalue weighted by atomic mass is 9.96. The molecule has 0 fully saturated rings. The van der Waals surface area contributed by atoms with Crippen LogP contribution in [0.1, 0.15) is 34.6 Å². The summed E-state index contributed by atoms with van der Waals surface area (Å²) in [6.45, 7) is 10.1. The van der Waals surface area contributed by atoms with Crippen molar-refractivity contribution in [2.24, 2.45) is 17.6 Å². The summed E-state index contributed by atoms with van der Waals surface area (Å²) in [7, 11) is 0. The number of hydrogen-bond acceptors (Lipinski definition) is 2. The van der Waals surface area contributed by atoms with Gasteiger partial charge in [0, 0.05) is 11.4 Å². The average molecular weight is 168 g/mol. The van der Waals surface area contributed by atoms with E-state index in [0.29, 0.717) is 11.6 Å². The second kappa shape index (κ2) is 4.29. The van der Waals surface area contributed by atoms with Gasteiger partial charge in [0.05, 0.1) is 0 Å². The number of nitrogens with two attached hydrogens (primary N) is 1. The summed E-state index contributed by atoms with van der Waals surface area (Å²) in [5.74, 6) is 0.603. The second-order valence-electron chi connectivity index (χ2n) is 3.80. The highest BCUT2D eigenvalue weighted by Gasteiger charge is 2.10. The SMILES string of the molecule is C/C(C(=N)C(C)C)=C(/N)C(C)C. The maximum atomic E-state index is 7.74. The van der Waals surface area contributed by atoms with Crippen molar-refractivity contribution in [1.82, 2.24) is 0 Å². The third-order valence-electron chi connectivity index (χ3n) is 2.04. The van der Waals surface area contributed by atoms with Crippen molar-refractivity contribution < 1.29 is 0 Å². The average Bonchev–Trinajstić information content (AvgIpc) is 2.00. The molecule has 2 nitrogen and oxygen atoms in total. The minimum atomic E-state index is 0.266. The zero-order chi connectivity index (χ0) is 9.89. The molecular formula is C10H20N2. The Bertz CT molecular complexity index is 200. The third kappa shape index (κ3) is 2.68. The van der Waals surface area contributed by atoms with Gasteiger partial charge in [-0.2, -0.15) is 0 Å². The normalized spacial score (nSPS) is 13.6. The van der Waals surface area contributed by atoms with Crippen molar-refractivity contribution in [2.45, 2.75) is 34.6 Å². The fraction of sp³-hybridized carbons (Fsp3) is 0.700. The van der Waals surface area contributed by atoms with Crippen LogP contribution in [0.25, 0.3) is 0 Å². The molecule has 0 aliphatic heterocycles. The van der Waals surface area contributed by atoms with Crippen molar-refractivity contribution >= 4 is 5.71 Å². The summed E-state index contributed by atoms with van der Waals surface area (Å²) in [6.07, 6.45) is 0. The van der Waals surface area contributed by atoms with Gasteiger partial charge in [-0.15, -0.1) is 0 Å². The first-order valence-corrected chi connectivity index (χ1v) is 4.43. The second-order valence-corrected chi connectivity index (χ2v) is 3.80. The molecule has 12 heavy (non-hydrogen) atoms. The van der Waals surface area contributed by atoms with E-state index >= 15 is 0 Å². The Balaban J connectivity index is 4.67. The van der Waals surface area contributed by atoms with Crippen molar-refractivity contribution in [2.75, 3.05) is 0 Å². The lowest BCUT2D eigenvalue weighted by molar-refractivity contribution is 0.745. The largest absolute Gasteiger partial charge is 0.402 e. The quantitative estimate of drug-likeness (QED) is 0.625. The molecule has 0 aromatic rings. The fourth-order valence-corrected chi connectivity index (χ4v) is 1.02. The molecule has 0 saturated heterocycles. The third-order valence-corrected chi connectivity index (χ3v) is 2.04. The highest BCUT2D eigenvalue weighted by molar-refractivity contribution is 5.99. The predicted octanol–water partition coefficient (Wildman–Crippen LogP) is 2.55. The zero-order valence-electron chi connectivity index (χ0n) is 8.73. The Morgan fingerprint density at radius 1 is 1.08 bits per heavy atom. The maximum Gasteiger partial charge on any atom is 0.0385 e. The number of rotatable bonds is 3. The lowest BCUT2D eigenvalue weighted by Crippen LogP contribution is -2.16. The molecule has 0 amide bonds. The van der Waals surface area contributed by atoms with Crippen molar-refractivity contribution in [3.8, 4) is 0 Å². The van der Waals surface area contributed by atoms with Crippen LogP contribution in [0.3, 0.4) is 0 Å². The molecule has 0 rings (SSSR count). The van der Waals surface area contributed by atoms with Crippen LogP contribution in [0, 0.1) is 17.2 Å². The Hall–Kier alpha value is -0.790. The molecule has 0 aromatic heterocycles. The molecule has 0 saturated carbocycles. The molecular weight excluding hydrogens is 148 g/mol. The van der Waals surface area contributed by atoms with E-state index in [4.69, 9.17) is 11.1 Å². The van der Waals surface area contributed by atoms with Gasteiger partial charge >= 0.3 is 0 Å². The van der Waals surface area contributed by atoms with Crippen LogP contribution in [-0.2, 0) is 0 Å². The molecule has 0 heterocycles. The van der Waals surface area contributed by atoms with Gasteiger partial charge in [-0.3, -0.25) is 0 Å². The molecule has 0 spiro atoms. The van der Waals surface area contributed by atoms with Crippen LogP contribution in [0.5, 0.6) is 0 Å². The van der Waals surface area contributed by atoms with Gasteiger partial charge in [0.2, 0.25) is 0 Å². The van der Waals surface area contributed by atoms with Gasteiger partial charge in [-0.25, -0.2) is 0 Å². The Morgan fingerprint density at radius 3 is 1.75 bits per heavy atom. The summed E-state index contributed by atoms with van der Waals surface area (Å²) in [6, 6.07) is 0. The van der Waals surface area contributed by atoms with Crippen LogP contribution in [0.15, 0.2) is 11.3 Å². The van der Waals surface area contributed by atoms with E-state index in [1.165, 1.54) is 0 Å². The first-order chi connectivity index (χ1) is 5.37. The topological polar surface area (TPSA) is 49.9 Å². The van der Waals surface area contributed by atoms with Crippen LogP contribution in [-0.4, -0.2) is 5.71 Å². The van der Waals surface area contributed by atoms with Gasteiger partial charge in [0.15, 0.2) is 0 Å². The van der Waals surface area contributed by atoms with Crippen LogP contribution in [0.2, 0.25) is 0 Å². The summed E-state index contributed by atoms with van der Waals surface area (Å²) in [4.78, 5) is 0. The van der Waals surface area contributed by atoms with E-state index in [2.05, 4.69) is 0 Å². The highest BCUT2D eigenvalue weighted by atomic mass is 14.6. The smallest absolute Gasteiger partial charge is 0.0385 e. The first-order valence-electron chi connectivity index (χ1n) is 4.43. The molecule has 2 heteroatoms. The van der Waals surface area contributed by atoms with E-state index < -0.39 is 0 Å². The molecule has 0 bridgehead atoms. The Morgan fingerprint density at radius 2 is 1.50 bits per heavy atom. The van der Waals surface area contributed by atoms with E-state index in [0.717, 1.165) is 11.3 Å². The summed E-state index contributed by atoms with van der Waals surface area (Å²) in [5, 5.41) is 7.74.